The summed E-state index contributed by atoms with van der Waals surface area (Å²) in [4.78, 5) is 4.58. The molecule has 0 saturated carbocycles. The maximum Gasteiger partial charge on any atom is 0.251 e. The van der Waals surface area contributed by atoms with Crippen LogP contribution in [0.25, 0.3) is 0 Å². The Morgan fingerprint density at radius 2 is 0.737 bits per heavy atom. The number of para-hydroxylation sites is 8. The standard InChI is InChI=1S/C51H45BN2O3/c1-31(2)34-27-37(32(3)4)51(38(28-34)33(5)6)52-39-25-23-35(53-41-15-7-11-19-45(41)55-46-20-12-8-16-42(46)53)29-49(39)57-50-30-36(24-26-40(50)52)54-43-17-9-13-21-47(43)56-48-22-14-10-18-44(48)54/h7-33H,1-6H3. The lowest BCUT2D eigenvalue weighted by molar-refractivity contribution is 0.476. The number of ether oxygens (including phenoxy) is 3. The van der Waals surface area contributed by atoms with Crippen LogP contribution in [0.3, 0.4) is 0 Å². The van der Waals surface area contributed by atoms with E-state index in [1.165, 1.54) is 22.2 Å². The first kappa shape index (κ1) is 35.0. The van der Waals surface area contributed by atoms with Crippen molar-refractivity contribution in [2.45, 2.75) is 59.3 Å². The average Bonchev–Trinajstić information content (AvgIpc) is 3.22. The first-order chi connectivity index (χ1) is 27.7. The molecule has 3 heterocycles. The summed E-state index contributed by atoms with van der Waals surface area (Å²) in [5, 5.41) is 0. The molecule has 280 valence electrons. The van der Waals surface area contributed by atoms with Crippen LogP contribution in [0.5, 0.6) is 34.5 Å². The largest absolute Gasteiger partial charge is 0.458 e. The summed E-state index contributed by atoms with van der Waals surface area (Å²) in [6.07, 6.45) is 0. The van der Waals surface area contributed by atoms with E-state index < -0.39 is 0 Å². The Kier molecular flexibility index (Phi) is 8.40. The van der Waals surface area contributed by atoms with E-state index in [2.05, 4.69) is 148 Å². The fourth-order valence-electron chi connectivity index (χ4n) is 8.89. The highest BCUT2D eigenvalue weighted by atomic mass is 16.5. The van der Waals surface area contributed by atoms with E-state index in [9.17, 15) is 0 Å². The molecule has 0 aliphatic carbocycles. The number of hydrogen-bond donors (Lipinski definition) is 0. The van der Waals surface area contributed by atoms with Crippen LogP contribution in [0.1, 0.15) is 76.0 Å². The predicted octanol–water partition coefficient (Wildman–Crippen LogP) is 12.8. The molecule has 57 heavy (non-hydrogen) atoms. The number of rotatable bonds is 6. The van der Waals surface area contributed by atoms with E-state index in [1.807, 2.05) is 48.5 Å². The zero-order valence-electron chi connectivity index (χ0n) is 33.3. The minimum absolute atomic E-state index is 0.0450. The van der Waals surface area contributed by atoms with Crippen LogP contribution in [0, 0.1) is 0 Å². The van der Waals surface area contributed by atoms with Gasteiger partial charge in [-0.15, -0.1) is 0 Å². The van der Waals surface area contributed by atoms with E-state index in [-0.39, 0.29) is 6.71 Å². The summed E-state index contributed by atoms with van der Waals surface area (Å²) in [6.45, 7) is 13.9. The number of fused-ring (bicyclic) bond motifs is 6. The van der Waals surface area contributed by atoms with Crippen molar-refractivity contribution in [1.82, 2.24) is 0 Å². The number of hydrogen-bond acceptors (Lipinski definition) is 5. The molecule has 5 nitrogen and oxygen atoms in total. The first-order valence-electron chi connectivity index (χ1n) is 20.2. The summed E-state index contributed by atoms with van der Waals surface area (Å²) in [5.74, 6) is 6.06. The Morgan fingerprint density at radius 3 is 1.09 bits per heavy atom. The van der Waals surface area contributed by atoms with E-state index in [0.717, 1.165) is 79.5 Å². The van der Waals surface area contributed by atoms with Crippen LogP contribution in [0.15, 0.2) is 146 Å². The van der Waals surface area contributed by atoms with Crippen molar-refractivity contribution in [1.29, 1.82) is 0 Å². The Hall–Kier alpha value is -6.40. The molecule has 0 amide bonds. The van der Waals surface area contributed by atoms with Gasteiger partial charge in [-0.2, -0.15) is 0 Å². The van der Waals surface area contributed by atoms with Gasteiger partial charge < -0.3 is 24.0 Å². The monoisotopic (exact) mass is 744 g/mol. The Morgan fingerprint density at radius 1 is 0.386 bits per heavy atom. The third kappa shape index (κ3) is 5.77. The Bertz CT molecular complexity index is 2430. The third-order valence-electron chi connectivity index (χ3n) is 11.7. The molecule has 0 unspecified atom stereocenters. The van der Waals surface area contributed by atoms with Gasteiger partial charge in [0.1, 0.15) is 11.5 Å². The van der Waals surface area contributed by atoms with Gasteiger partial charge in [-0.25, -0.2) is 0 Å². The lowest BCUT2D eigenvalue weighted by atomic mass is 9.34. The quantitative estimate of drug-likeness (QED) is 0.158. The van der Waals surface area contributed by atoms with Crippen molar-refractivity contribution in [2.75, 3.05) is 9.80 Å². The fraction of sp³-hybridized carbons (Fsp3) is 0.176. The van der Waals surface area contributed by atoms with Crippen LogP contribution in [0.2, 0.25) is 0 Å². The molecule has 3 aliphatic rings. The van der Waals surface area contributed by atoms with Crippen molar-refractivity contribution in [3.63, 3.8) is 0 Å². The zero-order chi connectivity index (χ0) is 38.9. The molecule has 10 rings (SSSR count). The van der Waals surface area contributed by atoms with Gasteiger partial charge >= 0.3 is 0 Å². The normalized spacial score (nSPS) is 13.5. The number of benzene rings is 7. The highest BCUT2D eigenvalue weighted by molar-refractivity contribution is 6.97. The molecule has 0 radical (unpaired) electrons. The summed E-state index contributed by atoms with van der Waals surface area (Å²) < 4.78 is 20.0. The van der Waals surface area contributed by atoms with Crippen molar-refractivity contribution in [2.24, 2.45) is 0 Å². The highest BCUT2D eigenvalue weighted by Gasteiger charge is 2.38. The van der Waals surface area contributed by atoms with E-state index in [1.54, 1.807) is 0 Å². The molecule has 7 aromatic rings. The van der Waals surface area contributed by atoms with E-state index in [4.69, 9.17) is 14.2 Å². The zero-order valence-corrected chi connectivity index (χ0v) is 33.3. The van der Waals surface area contributed by atoms with Crippen LogP contribution in [-0.4, -0.2) is 6.71 Å². The van der Waals surface area contributed by atoms with Crippen molar-refractivity contribution >= 4 is 57.2 Å². The van der Waals surface area contributed by atoms with E-state index >= 15 is 0 Å². The molecular formula is C51H45BN2O3. The van der Waals surface area contributed by atoms with Gasteiger partial charge in [0.05, 0.1) is 34.1 Å². The van der Waals surface area contributed by atoms with Crippen LogP contribution in [-0.2, 0) is 0 Å². The van der Waals surface area contributed by atoms with Gasteiger partial charge in [-0.3, -0.25) is 0 Å². The average molecular weight is 745 g/mol. The number of nitrogens with zero attached hydrogens (tertiary/aromatic N) is 2. The summed E-state index contributed by atoms with van der Waals surface area (Å²) in [7, 11) is 0. The predicted molar refractivity (Wildman–Crippen MR) is 236 cm³/mol. The van der Waals surface area contributed by atoms with Gasteiger partial charge in [-0.1, -0.05) is 120 Å². The molecule has 6 heteroatoms. The van der Waals surface area contributed by atoms with Crippen LogP contribution in [0.4, 0.5) is 34.1 Å². The Balaban J connectivity index is 1.20. The van der Waals surface area contributed by atoms with Gasteiger partial charge in [-0.05, 0) is 106 Å². The molecule has 3 aliphatic heterocycles. The highest BCUT2D eigenvalue weighted by Crippen LogP contribution is 2.52. The van der Waals surface area contributed by atoms with Gasteiger partial charge in [0, 0.05) is 12.1 Å². The number of anilines is 6. The van der Waals surface area contributed by atoms with Crippen LogP contribution >= 0.6 is 0 Å². The van der Waals surface area contributed by atoms with Crippen molar-refractivity contribution in [3.05, 3.63) is 162 Å². The molecule has 0 atom stereocenters. The second kappa shape index (κ2) is 13.7. The van der Waals surface area contributed by atoms with Crippen molar-refractivity contribution < 1.29 is 14.2 Å². The maximum atomic E-state index is 7.19. The van der Waals surface area contributed by atoms with Crippen LogP contribution < -0.4 is 40.4 Å². The summed E-state index contributed by atoms with van der Waals surface area (Å²) in [6, 6.07) is 51.4. The third-order valence-corrected chi connectivity index (χ3v) is 11.7. The summed E-state index contributed by atoms with van der Waals surface area (Å²) in [5.41, 5.74) is 13.9. The molecule has 0 saturated heterocycles. The molecule has 0 aromatic heterocycles. The smallest absolute Gasteiger partial charge is 0.251 e. The first-order valence-corrected chi connectivity index (χ1v) is 20.2. The maximum absolute atomic E-state index is 7.19. The second-order valence-electron chi connectivity index (χ2n) is 16.3. The molecule has 7 aromatic carbocycles. The molecule has 0 spiro atoms. The van der Waals surface area contributed by atoms with Gasteiger partial charge in [0.25, 0.3) is 6.71 Å². The fourth-order valence-corrected chi connectivity index (χ4v) is 8.89. The molecular weight excluding hydrogens is 699 g/mol. The minimum atomic E-state index is -0.0450. The SMILES string of the molecule is CC(C)c1cc(C(C)C)c(B2c3ccc(N4c5ccccc5Oc5ccccc54)cc3Oc3cc(N4c5ccccc5Oc5ccccc54)ccc32)c(C(C)C)c1. The lowest BCUT2D eigenvalue weighted by Gasteiger charge is -2.36. The Labute approximate surface area is 336 Å². The molecule has 0 fully saturated rings. The van der Waals surface area contributed by atoms with Crippen molar-refractivity contribution in [3.8, 4) is 34.5 Å². The molecule has 0 bridgehead atoms. The topological polar surface area (TPSA) is 34.2 Å². The molecule has 0 N–H and O–H groups in total. The summed E-state index contributed by atoms with van der Waals surface area (Å²) >= 11 is 0. The van der Waals surface area contributed by atoms with E-state index in [0.29, 0.717) is 17.8 Å². The minimum Gasteiger partial charge on any atom is -0.458 e. The lowest BCUT2D eigenvalue weighted by Crippen LogP contribution is -2.57. The second-order valence-corrected chi connectivity index (χ2v) is 16.3. The van der Waals surface area contributed by atoms with Gasteiger partial charge in [0.15, 0.2) is 23.0 Å². The van der Waals surface area contributed by atoms with Gasteiger partial charge in [0.2, 0.25) is 0 Å².